The largest absolute Gasteiger partial charge is 0.355 e. The highest BCUT2D eigenvalue weighted by Crippen LogP contribution is 2.23. The number of likely N-dealkylation sites (tertiary alicyclic amines) is 1. The van der Waals surface area contributed by atoms with Crippen LogP contribution in [-0.2, 0) is 9.84 Å². The Hall–Kier alpha value is -1.67. The molecule has 0 bridgehead atoms. The minimum absolute atomic E-state index is 0.0515. The Balaban J connectivity index is 1.41. The molecule has 154 valence electrons. The molecule has 0 N–H and O–H groups in total. The summed E-state index contributed by atoms with van der Waals surface area (Å²) in [6, 6.07) is 4.38. The molecule has 0 radical (unpaired) electrons. The first-order valence-corrected chi connectivity index (χ1v) is 12.3. The molecule has 3 aliphatic rings. The standard InChI is InChI=1S/C20H30N4O3S/c25-20(23-11-13-28(26,27)14-12-23)17-6-7-19(21-15-17)24-10-2-1-5-18(16-24)22-8-3-4-9-22/h6-7,15,18H,1-5,8-14,16H2. The van der Waals surface area contributed by atoms with E-state index in [0.29, 0.717) is 11.6 Å². The zero-order valence-electron chi connectivity index (χ0n) is 16.4. The number of anilines is 1. The fourth-order valence-corrected chi connectivity index (χ4v) is 5.73. The summed E-state index contributed by atoms with van der Waals surface area (Å²) in [7, 11) is -2.99. The zero-order valence-corrected chi connectivity index (χ0v) is 17.2. The van der Waals surface area contributed by atoms with Crippen LogP contribution in [0.5, 0.6) is 0 Å². The molecule has 4 heterocycles. The van der Waals surface area contributed by atoms with E-state index >= 15 is 0 Å². The first-order chi connectivity index (χ1) is 13.5. The first-order valence-electron chi connectivity index (χ1n) is 10.5. The third kappa shape index (κ3) is 4.49. The van der Waals surface area contributed by atoms with Gasteiger partial charge in [0.05, 0.1) is 17.1 Å². The number of carbonyl (C=O) groups excluding carboxylic acids is 1. The summed E-state index contributed by atoms with van der Waals surface area (Å²) in [5, 5.41) is 0. The van der Waals surface area contributed by atoms with Crippen molar-refractivity contribution in [1.29, 1.82) is 0 Å². The molecule has 7 nitrogen and oxygen atoms in total. The van der Waals surface area contributed by atoms with Crippen molar-refractivity contribution < 1.29 is 13.2 Å². The van der Waals surface area contributed by atoms with E-state index in [1.54, 1.807) is 11.1 Å². The fourth-order valence-electron chi connectivity index (χ4n) is 4.53. The summed E-state index contributed by atoms with van der Waals surface area (Å²) >= 11 is 0. The van der Waals surface area contributed by atoms with Gasteiger partial charge in [0, 0.05) is 38.4 Å². The van der Waals surface area contributed by atoms with Crippen LogP contribution >= 0.6 is 0 Å². The Labute approximate surface area is 167 Å². The lowest BCUT2D eigenvalue weighted by Gasteiger charge is -2.31. The molecular weight excluding hydrogens is 376 g/mol. The smallest absolute Gasteiger partial charge is 0.255 e. The van der Waals surface area contributed by atoms with Gasteiger partial charge in [-0.1, -0.05) is 6.42 Å². The molecule has 28 heavy (non-hydrogen) atoms. The molecule has 1 amide bonds. The zero-order chi connectivity index (χ0) is 19.6. The lowest BCUT2D eigenvalue weighted by molar-refractivity contribution is 0.0770. The maximum Gasteiger partial charge on any atom is 0.255 e. The van der Waals surface area contributed by atoms with E-state index in [4.69, 9.17) is 0 Å². The van der Waals surface area contributed by atoms with Crippen LogP contribution in [0.3, 0.4) is 0 Å². The van der Waals surface area contributed by atoms with E-state index in [2.05, 4.69) is 14.8 Å². The number of amides is 1. The van der Waals surface area contributed by atoms with E-state index in [9.17, 15) is 13.2 Å². The average Bonchev–Trinajstić information content (AvgIpc) is 3.12. The molecule has 1 unspecified atom stereocenters. The predicted molar refractivity (Wildman–Crippen MR) is 109 cm³/mol. The Morgan fingerprint density at radius 3 is 2.36 bits per heavy atom. The van der Waals surface area contributed by atoms with Gasteiger partial charge in [0.2, 0.25) is 0 Å². The van der Waals surface area contributed by atoms with Gasteiger partial charge in [-0.3, -0.25) is 9.69 Å². The van der Waals surface area contributed by atoms with Crippen molar-refractivity contribution in [1.82, 2.24) is 14.8 Å². The van der Waals surface area contributed by atoms with Crippen molar-refractivity contribution >= 4 is 21.6 Å². The van der Waals surface area contributed by atoms with Gasteiger partial charge in [0.15, 0.2) is 9.84 Å². The second-order valence-electron chi connectivity index (χ2n) is 8.19. The van der Waals surface area contributed by atoms with Crippen molar-refractivity contribution in [2.45, 2.75) is 38.1 Å². The van der Waals surface area contributed by atoms with Crippen LogP contribution in [0.25, 0.3) is 0 Å². The fraction of sp³-hybridized carbons (Fsp3) is 0.700. The highest BCUT2D eigenvalue weighted by Gasteiger charge is 2.28. The monoisotopic (exact) mass is 406 g/mol. The Bertz CT molecular complexity index is 776. The molecule has 8 heteroatoms. The number of pyridine rings is 1. The van der Waals surface area contributed by atoms with Gasteiger partial charge in [-0.05, 0) is 50.9 Å². The molecule has 0 aliphatic carbocycles. The number of rotatable bonds is 3. The van der Waals surface area contributed by atoms with Crippen molar-refractivity contribution in [3.05, 3.63) is 23.9 Å². The summed E-state index contributed by atoms with van der Waals surface area (Å²) < 4.78 is 23.1. The molecule has 0 saturated carbocycles. The molecule has 1 aromatic rings. The van der Waals surface area contributed by atoms with Crippen LogP contribution in [0, 0.1) is 0 Å². The van der Waals surface area contributed by atoms with Crippen molar-refractivity contribution in [2.75, 3.05) is 55.7 Å². The van der Waals surface area contributed by atoms with Crippen molar-refractivity contribution in [3.63, 3.8) is 0 Å². The van der Waals surface area contributed by atoms with E-state index in [-0.39, 0.29) is 30.5 Å². The Morgan fingerprint density at radius 1 is 0.964 bits per heavy atom. The quantitative estimate of drug-likeness (QED) is 0.756. The van der Waals surface area contributed by atoms with Crippen molar-refractivity contribution in [3.8, 4) is 0 Å². The molecular formula is C20H30N4O3S. The molecule has 0 spiro atoms. The van der Waals surface area contributed by atoms with Gasteiger partial charge in [0.1, 0.15) is 5.82 Å². The second kappa shape index (κ2) is 8.37. The molecule has 1 aromatic heterocycles. The molecule has 3 fully saturated rings. The van der Waals surface area contributed by atoms with Crippen LogP contribution in [-0.4, -0.2) is 85.9 Å². The van der Waals surface area contributed by atoms with E-state index in [1.165, 1.54) is 45.2 Å². The normalized spacial score (nSPS) is 26.2. The highest BCUT2D eigenvalue weighted by atomic mass is 32.2. The predicted octanol–water partition coefficient (Wildman–Crippen LogP) is 1.41. The van der Waals surface area contributed by atoms with Crippen LogP contribution in [0.4, 0.5) is 5.82 Å². The van der Waals surface area contributed by atoms with Gasteiger partial charge in [0.25, 0.3) is 5.91 Å². The average molecular weight is 407 g/mol. The molecule has 1 atom stereocenters. The summed E-state index contributed by atoms with van der Waals surface area (Å²) in [4.78, 5) is 23.8. The van der Waals surface area contributed by atoms with Gasteiger partial charge >= 0.3 is 0 Å². The van der Waals surface area contributed by atoms with Gasteiger partial charge in [-0.25, -0.2) is 13.4 Å². The summed E-state index contributed by atoms with van der Waals surface area (Å²) in [5.41, 5.74) is 0.536. The number of aromatic nitrogens is 1. The molecule has 3 aliphatic heterocycles. The first kappa shape index (κ1) is 19.6. The van der Waals surface area contributed by atoms with Crippen molar-refractivity contribution in [2.24, 2.45) is 0 Å². The molecule has 3 saturated heterocycles. The second-order valence-corrected chi connectivity index (χ2v) is 10.5. The van der Waals surface area contributed by atoms with Gasteiger partial charge < -0.3 is 9.80 Å². The van der Waals surface area contributed by atoms with Crippen LogP contribution in [0.15, 0.2) is 18.3 Å². The maximum atomic E-state index is 12.7. The van der Waals surface area contributed by atoms with Crippen LogP contribution in [0.1, 0.15) is 42.5 Å². The number of sulfone groups is 1. The Kier molecular flexibility index (Phi) is 5.87. The number of carbonyl (C=O) groups is 1. The van der Waals surface area contributed by atoms with Gasteiger partial charge in [-0.15, -0.1) is 0 Å². The van der Waals surface area contributed by atoms with Gasteiger partial charge in [-0.2, -0.15) is 0 Å². The minimum atomic E-state index is -2.99. The van der Waals surface area contributed by atoms with E-state index in [1.807, 2.05) is 12.1 Å². The summed E-state index contributed by atoms with van der Waals surface area (Å²) in [6.45, 7) is 4.98. The lowest BCUT2D eigenvalue weighted by atomic mass is 10.1. The third-order valence-corrected chi connectivity index (χ3v) is 7.86. The SMILES string of the molecule is O=C(c1ccc(N2CCCCC(N3CCCC3)C2)nc1)N1CCS(=O)(=O)CC1. The van der Waals surface area contributed by atoms with Crippen LogP contribution < -0.4 is 4.90 Å². The maximum absolute atomic E-state index is 12.7. The molecule has 4 rings (SSSR count). The lowest BCUT2D eigenvalue weighted by Crippen LogP contribution is -2.43. The number of hydrogen-bond acceptors (Lipinski definition) is 6. The number of hydrogen-bond donors (Lipinski definition) is 0. The summed E-state index contributed by atoms with van der Waals surface area (Å²) in [6.07, 6.45) is 7.95. The summed E-state index contributed by atoms with van der Waals surface area (Å²) in [5.74, 6) is 0.912. The van der Waals surface area contributed by atoms with E-state index in [0.717, 1.165) is 18.9 Å². The van der Waals surface area contributed by atoms with E-state index < -0.39 is 9.84 Å². The molecule has 0 aromatic carbocycles. The third-order valence-electron chi connectivity index (χ3n) is 6.25. The Morgan fingerprint density at radius 2 is 1.68 bits per heavy atom. The number of nitrogens with zero attached hydrogens (tertiary/aromatic N) is 4. The topological polar surface area (TPSA) is 73.8 Å². The minimum Gasteiger partial charge on any atom is -0.355 e. The highest BCUT2D eigenvalue weighted by molar-refractivity contribution is 7.91. The van der Waals surface area contributed by atoms with Crippen LogP contribution in [0.2, 0.25) is 0 Å².